The standard InChI is InChI=1S/C14H14FNO2S/c1-8-11(9-4-6-10(15)7-5-9)16-12(19-8)14(2,3)13(17)18/h4-7H,1-3H3,(H,17,18). The van der Waals surface area contributed by atoms with Crippen molar-refractivity contribution in [2.75, 3.05) is 0 Å². The fourth-order valence-electron chi connectivity index (χ4n) is 1.63. The molecule has 5 heteroatoms. The molecule has 1 N–H and O–H groups in total. The Kier molecular flexibility index (Phi) is 3.41. The van der Waals surface area contributed by atoms with Gasteiger partial charge in [-0.3, -0.25) is 4.79 Å². The molecule has 100 valence electrons. The molecule has 0 atom stereocenters. The number of carbonyl (C=O) groups is 1. The molecule has 0 bridgehead atoms. The number of hydrogen-bond acceptors (Lipinski definition) is 3. The quantitative estimate of drug-likeness (QED) is 0.933. The Morgan fingerprint density at radius 1 is 1.32 bits per heavy atom. The molecule has 0 saturated heterocycles. The highest BCUT2D eigenvalue weighted by atomic mass is 32.1. The number of aliphatic carboxylic acids is 1. The first-order chi connectivity index (χ1) is 8.82. The van der Waals surface area contributed by atoms with E-state index in [4.69, 9.17) is 0 Å². The van der Waals surface area contributed by atoms with Crippen molar-refractivity contribution in [3.8, 4) is 11.3 Å². The number of nitrogens with zero attached hydrogens (tertiary/aromatic N) is 1. The van der Waals surface area contributed by atoms with Crippen LogP contribution in [0.1, 0.15) is 23.7 Å². The van der Waals surface area contributed by atoms with E-state index in [1.165, 1.54) is 23.5 Å². The Balaban J connectivity index is 2.47. The van der Waals surface area contributed by atoms with Crippen LogP contribution in [0.3, 0.4) is 0 Å². The maximum atomic E-state index is 12.9. The van der Waals surface area contributed by atoms with Gasteiger partial charge < -0.3 is 5.11 Å². The lowest BCUT2D eigenvalue weighted by atomic mass is 9.95. The molecule has 2 rings (SSSR count). The Labute approximate surface area is 114 Å². The summed E-state index contributed by atoms with van der Waals surface area (Å²) in [6, 6.07) is 6.04. The Morgan fingerprint density at radius 3 is 2.42 bits per heavy atom. The second-order valence-electron chi connectivity index (χ2n) is 4.86. The summed E-state index contributed by atoms with van der Waals surface area (Å²) < 4.78 is 12.9. The van der Waals surface area contributed by atoms with E-state index in [-0.39, 0.29) is 5.82 Å². The molecule has 1 aromatic carbocycles. The van der Waals surface area contributed by atoms with Gasteiger partial charge >= 0.3 is 5.97 Å². The van der Waals surface area contributed by atoms with E-state index in [0.29, 0.717) is 10.7 Å². The van der Waals surface area contributed by atoms with Gasteiger partial charge in [0.2, 0.25) is 0 Å². The van der Waals surface area contributed by atoms with Crippen LogP contribution >= 0.6 is 11.3 Å². The molecular formula is C14H14FNO2S. The van der Waals surface area contributed by atoms with Crippen LogP contribution < -0.4 is 0 Å². The Bertz CT molecular complexity index is 617. The number of aryl methyl sites for hydroxylation is 1. The lowest BCUT2D eigenvalue weighted by molar-refractivity contribution is -0.142. The predicted molar refractivity (Wildman–Crippen MR) is 72.9 cm³/mol. The molecular weight excluding hydrogens is 265 g/mol. The molecule has 1 heterocycles. The number of benzene rings is 1. The Morgan fingerprint density at radius 2 is 1.89 bits per heavy atom. The highest BCUT2D eigenvalue weighted by Gasteiger charge is 2.33. The van der Waals surface area contributed by atoms with Gasteiger partial charge in [-0.05, 0) is 45.0 Å². The molecule has 1 aromatic heterocycles. The van der Waals surface area contributed by atoms with Crippen molar-refractivity contribution < 1.29 is 14.3 Å². The lowest BCUT2D eigenvalue weighted by Crippen LogP contribution is -2.28. The topological polar surface area (TPSA) is 50.2 Å². The van der Waals surface area contributed by atoms with E-state index < -0.39 is 11.4 Å². The lowest BCUT2D eigenvalue weighted by Gasteiger charge is -2.15. The van der Waals surface area contributed by atoms with Gasteiger partial charge in [-0.1, -0.05) is 0 Å². The van der Waals surface area contributed by atoms with Crippen molar-refractivity contribution in [1.29, 1.82) is 0 Å². The minimum atomic E-state index is -1.02. The first kappa shape index (κ1) is 13.7. The summed E-state index contributed by atoms with van der Waals surface area (Å²) >= 11 is 1.36. The molecule has 0 aliphatic carbocycles. The van der Waals surface area contributed by atoms with E-state index in [9.17, 15) is 14.3 Å². The third kappa shape index (κ3) is 2.51. The van der Waals surface area contributed by atoms with Gasteiger partial charge in [0.25, 0.3) is 0 Å². The van der Waals surface area contributed by atoms with Crippen LogP contribution in [0.4, 0.5) is 4.39 Å². The number of aromatic nitrogens is 1. The number of hydrogen-bond donors (Lipinski definition) is 1. The average Bonchev–Trinajstić information content (AvgIpc) is 2.73. The third-order valence-corrected chi connectivity index (χ3v) is 4.28. The van der Waals surface area contributed by atoms with Crippen LogP contribution in [-0.2, 0) is 10.2 Å². The van der Waals surface area contributed by atoms with Crippen LogP contribution in [0.5, 0.6) is 0 Å². The van der Waals surface area contributed by atoms with Gasteiger partial charge in [0, 0.05) is 10.4 Å². The van der Waals surface area contributed by atoms with Crippen LogP contribution in [0.25, 0.3) is 11.3 Å². The fraction of sp³-hybridized carbons (Fsp3) is 0.286. The molecule has 0 spiro atoms. The van der Waals surface area contributed by atoms with Crippen molar-refractivity contribution in [2.24, 2.45) is 0 Å². The Hall–Kier alpha value is -1.75. The largest absolute Gasteiger partial charge is 0.481 e. The molecule has 2 aromatic rings. The summed E-state index contributed by atoms with van der Waals surface area (Å²) in [6.07, 6.45) is 0. The van der Waals surface area contributed by atoms with Gasteiger partial charge in [-0.2, -0.15) is 0 Å². The van der Waals surface area contributed by atoms with Crippen molar-refractivity contribution in [3.05, 3.63) is 40.0 Å². The first-order valence-corrected chi connectivity index (χ1v) is 6.61. The van der Waals surface area contributed by atoms with Crippen LogP contribution in [0.2, 0.25) is 0 Å². The molecule has 3 nitrogen and oxygen atoms in total. The molecule has 19 heavy (non-hydrogen) atoms. The van der Waals surface area contributed by atoms with E-state index in [0.717, 1.165) is 10.4 Å². The number of carboxylic acids is 1. The smallest absolute Gasteiger partial charge is 0.316 e. The van der Waals surface area contributed by atoms with Crippen LogP contribution in [0.15, 0.2) is 24.3 Å². The monoisotopic (exact) mass is 279 g/mol. The van der Waals surface area contributed by atoms with Crippen molar-refractivity contribution in [2.45, 2.75) is 26.2 Å². The van der Waals surface area contributed by atoms with Gasteiger partial charge in [0.15, 0.2) is 0 Å². The maximum Gasteiger partial charge on any atom is 0.316 e. The summed E-state index contributed by atoms with van der Waals surface area (Å²) in [5.41, 5.74) is 0.491. The fourth-order valence-corrected chi connectivity index (χ4v) is 2.66. The van der Waals surface area contributed by atoms with Crippen molar-refractivity contribution in [3.63, 3.8) is 0 Å². The molecule has 0 amide bonds. The number of thiazole rings is 1. The van der Waals surface area contributed by atoms with Gasteiger partial charge in [0.1, 0.15) is 16.2 Å². The highest BCUT2D eigenvalue weighted by molar-refractivity contribution is 7.12. The zero-order chi connectivity index (χ0) is 14.2. The van der Waals surface area contributed by atoms with E-state index in [1.54, 1.807) is 26.0 Å². The normalized spacial score (nSPS) is 11.6. The minimum absolute atomic E-state index is 0.303. The van der Waals surface area contributed by atoms with E-state index in [2.05, 4.69) is 4.98 Å². The zero-order valence-corrected chi connectivity index (χ0v) is 11.7. The molecule has 0 saturated carbocycles. The van der Waals surface area contributed by atoms with Crippen LogP contribution in [0, 0.1) is 12.7 Å². The molecule has 0 aliphatic heterocycles. The summed E-state index contributed by atoms with van der Waals surface area (Å²) in [7, 11) is 0. The average molecular weight is 279 g/mol. The van der Waals surface area contributed by atoms with Gasteiger partial charge in [-0.25, -0.2) is 9.37 Å². The predicted octanol–water partition coefficient (Wildman–Crippen LogP) is 3.62. The first-order valence-electron chi connectivity index (χ1n) is 5.79. The summed E-state index contributed by atoms with van der Waals surface area (Å²) in [5.74, 6) is -1.21. The van der Waals surface area contributed by atoms with Gasteiger partial charge in [-0.15, -0.1) is 11.3 Å². The van der Waals surface area contributed by atoms with E-state index in [1.807, 2.05) is 6.92 Å². The maximum absolute atomic E-state index is 12.9. The van der Waals surface area contributed by atoms with E-state index >= 15 is 0 Å². The highest BCUT2D eigenvalue weighted by Crippen LogP contribution is 2.34. The minimum Gasteiger partial charge on any atom is -0.481 e. The zero-order valence-electron chi connectivity index (χ0n) is 10.9. The second-order valence-corrected chi connectivity index (χ2v) is 6.06. The van der Waals surface area contributed by atoms with Crippen molar-refractivity contribution in [1.82, 2.24) is 4.98 Å². The molecule has 0 aliphatic rings. The second kappa shape index (κ2) is 4.74. The molecule has 0 fully saturated rings. The summed E-state index contributed by atoms with van der Waals surface area (Å²) in [6.45, 7) is 5.14. The summed E-state index contributed by atoms with van der Waals surface area (Å²) in [5, 5.41) is 9.77. The SMILES string of the molecule is Cc1sc(C(C)(C)C(=O)O)nc1-c1ccc(F)cc1. The number of halogens is 1. The van der Waals surface area contributed by atoms with Crippen LogP contribution in [-0.4, -0.2) is 16.1 Å². The number of rotatable bonds is 3. The van der Waals surface area contributed by atoms with Gasteiger partial charge in [0.05, 0.1) is 5.69 Å². The third-order valence-electron chi connectivity index (χ3n) is 2.98. The molecule has 0 unspecified atom stereocenters. The number of carboxylic acid groups (broad SMARTS) is 1. The summed E-state index contributed by atoms with van der Waals surface area (Å²) in [4.78, 5) is 16.6. The van der Waals surface area contributed by atoms with Crippen molar-refractivity contribution >= 4 is 17.3 Å². The molecule has 0 radical (unpaired) electrons.